The molecule has 0 radical (unpaired) electrons. The molecule has 6 heteroatoms. The van der Waals surface area contributed by atoms with Gasteiger partial charge >= 0.3 is 0 Å². The van der Waals surface area contributed by atoms with Crippen LogP contribution in [0.3, 0.4) is 0 Å². The molecule has 1 aromatic rings. The standard InChI is InChI=1S/C13H22N4OS/c1-3-8-17(10-6-5-7-14-9-10)13(18)12-11(4-2)15-16-19-12/h10,14H,3-9H2,1-2H3. The number of carbonyl (C=O) groups excluding carboxylic acids is 1. The Kier molecular flexibility index (Phi) is 5.27. The summed E-state index contributed by atoms with van der Waals surface area (Å²) >= 11 is 1.23. The lowest BCUT2D eigenvalue weighted by molar-refractivity contribution is 0.0652. The van der Waals surface area contributed by atoms with E-state index in [-0.39, 0.29) is 5.91 Å². The molecule has 1 amide bonds. The van der Waals surface area contributed by atoms with Gasteiger partial charge in [-0.15, -0.1) is 5.10 Å². The van der Waals surface area contributed by atoms with Crippen LogP contribution < -0.4 is 5.32 Å². The molecule has 1 aliphatic rings. The summed E-state index contributed by atoms with van der Waals surface area (Å²) in [6.45, 7) is 6.90. The van der Waals surface area contributed by atoms with E-state index in [2.05, 4.69) is 21.8 Å². The Balaban J connectivity index is 2.15. The number of carbonyl (C=O) groups is 1. The van der Waals surface area contributed by atoms with Crippen molar-refractivity contribution in [3.63, 3.8) is 0 Å². The second-order valence-electron chi connectivity index (χ2n) is 4.90. The molecule has 0 aliphatic carbocycles. The number of hydrogen-bond donors (Lipinski definition) is 1. The fourth-order valence-electron chi connectivity index (χ4n) is 2.52. The first-order valence-corrected chi connectivity index (χ1v) is 7.88. The number of rotatable bonds is 5. The zero-order chi connectivity index (χ0) is 13.7. The van der Waals surface area contributed by atoms with Gasteiger partial charge in [0.05, 0.1) is 5.69 Å². The maximum atomic E-state index is 12.7. The average Bonchev–Trinajstić information content (AvgIpc) is 2.93. The van der Waals surface area contributed by atoms with E-state index < -0.39 is 0 Å². The number of aryl methyl sites for hydroxylation is 1. The van der Waals surface area contributed by atoms with E-state index in [0.29, 0.717) is 6.04 Å². The summed E-state index contributed by atoms with van der Waals surface area (Å²) in [5.74, 6) is 0.113. The average molecular weight is 282 g/mol. The van der Waals surface area contributed by atoms with E-state index >= 15 is 0 Å². The van der Waals surface area contributed by atoms with Gasteiger partial charge in [-0.2, -0.15) is 0 Å². The van der Waals surface area contributed by atoms with Crippen molar-refractivity contribution in [2.45, 2.75) is 45.6 Å². The van der Waals surface area contributed by atoms with Gasteiger partial charge in [0.25, 0.3) is 5.91 Å². The van der Waals surface area contributed by atoms with Crippen LogP contribution in [0, 0.1) is 0 Å². The van der Waals surface area contributed by atoms with Crippen molar-refractivity contribution in [2.24, 2.45) is 0 Å². The Bertz CT molecular complexity index is 415. The van der Waals surface area contributed by atoms with E-state index in [0.717, 1.165) is 55.9 Å². The first-order valence-electron chi connectivity index (χ1n) is 7.10. The Morgan fingerprint density at radius 3 is 3.00 bits per heavy atom. The van der Waals surface area contributed by atoms with E-state index in [4.69, 9.17) is 0 Å². The lowest BCUT2D eigenvalue weighted by atomic mass is 10.0. The van der Waals surface area contributed by atoms with Gasteiger partial charge < -0.3 is 10.2 Å². The van der Waals surface area contributed by atoms with Crippen LogP contribution in [-0.4, -0.2) is 46.1 Å². The zero-order valence-corrected chi connectivity index (χ0v) is 12.5. The molecule has 0 bridgehead atoms. The van der Waals surface area contributed by atoms with Crippen LogP contribution in [0.5, 0.6) is 0 Å². The number of aromatic nitrogens is 2. The van der Waals surface area contributed by atoms with Crippen molar-refractivity contribution in [3.05, 3.63) is 10.6 Å². The van der Waals surface area contributed by atoms with Gasteiger partial charge in [-0.1, -0.05) is 18.3 Å². The van der Waals surface area contributed by atoms with Crippen molar-refractivity contribution in [3.8, 4) is 0 Å². The largest absolute Gasteiger partial charge is 0.334 e. The minimum atomic E-state index is 0.113. The molecule has 2 heterocycles. The lowest BCUT2D eigenvalue weighted by Crippen LogP contribution is -2.49. The fraction of sp³-hybridized carbons (Fsp3) is 0.769. The number of hydrogen-bond acceptors (Lipinski definition) is 5. The predicted molar refractivity (Wildman–Crippen MR) is 76.5 cm³/mol. The molecule has 1 aliphatic heterocycles. The topological polar surface area (TPSA) is 58.1 Å². The van der Waals surface area contributed by atoms with Gasteiger partial charge in [0.15, 0.2) is 0 Å². The van der Waals surface area contributed by atoms with E-state index in [1.165, 1.54) is 11.5 Å². The van der Waals surface area contributed by atoms with Gasteiger partial charge in [-0.05, 0) is 43.8 Å². The van der Waals surface area contributed by atoms with Crippen LogP contribution in [-0.2, 0) is 6.42 Å². The summed E-state index contributed by atoms with van der Waals surface area (Å²) in [5.41, 5.74) is 0.833. The highest BCUT2D eigenvalue weighted by Crippen LogP contribution is 2.19. The molecule has 1 saturated heterocycles. The molecular weight excluding hydrogens is 260 g/mol. The molecular formula is C13H22N4OS. The van der Waals surface area contributed by atoms with Crippen LogP contribution in [0.1, 0.15) is 48.5 Å². The zero-order valence-electron chi connectivity index (χ0n) is 11.7. The van der Waals surface area contributed by atoms with E-state index in [1.807, 2.05) is 11.8 Å². The number of nitrogens with zero attached hydrogens (tertiary/aromatic N) is 3. The second kappa shape index (κ2) is 6.96. The predicted octanol–water partition coefficient (Wildman–Crippen LogP) is 1.70. The van der Waals surface area contributed by atoms with Crippen LogP contribution in [0.2, 0.25) is 0 Å². The highest BCUT2D eigenvalue weighted by molar-refractivity contribution is 7.08. The van der Waals surface area contributed by atoms with Crippen molar-refractivity contribution in [1.29, 1.82) is 0 Å². The minimum Gasteiger partial charge on any atom is -0.334 e. The highest BCUT2D eigenvalue weighted by atomic mass is 32.1. The fourth-order valence-corrected chi connectivity index (χ4v) is 3.23. The summed E-state index contributed by atoms with van der Waals surface area (Å²) in [5, 5.41) is 7.43. The number of amides is 1. The van der Waals surface area contributed by atoms with Crippen molar-refractivity contribution >= 4 is 17.4 Å². The summed E-state index contributed by atoms with van der Waals surface area (Å²) in [6.07, 6.45) is 3.97. The lowest BCUT2D eigenvalue weighted by Gasteiger charge is -2.34. The van der Waals surface area contributed by atoms with Crippen LogP contribution in [0.4, 0.5) is 0 Å². The number of nitrogens with one attached hydrogen (secondary N) is 1. The summed E-state index contributed by atoms with van der Waals surface area (Å²) < 4.78 is 3.93. The summed E-state index contributed by atoms with van der Waals surface area (Å²) in [7, 11) is 0. The van der Waals surface area contributed by atoms with Crippen molar-refractivity contribution in [1.82, 2.24) is 19.8 Å². The Morgan fingerprint density at radius 1 is 1.53 bits per heavy atom. The van der Waals surface area contributed by atoms with Crippen LogP contribution in [0.25, 0.3) is 0 Å². The van der Waals surface area contributed by atoms with Gasteiger partial charge in [0.2, 0.25) is 0 Å². The van der Waals surface area contributed by atoms with Gasteiger partial charge in [0.1, 0.15) is 4.88 Å². The SMILES string of the molecule is CCCN(C(=O)c1snnc1CC)C1CCCNC1. The molecule has 1 aromatic heterocycles. The molecule has 0 spiro atoms. The Morgan fingerprint density at radius 2 is 2.37 bits per heavy atom. The first-order chi connectivity index (χ1) is 9.27. The second-order valence-corrected chi connectivity index (χ2v) is 5.66. The molecule has 0 aromatic carbocycles. The molecule has 5 nitrogen and oxygen atoms in total. The van der Waals surface area contributed by atoms with Gasteiger partial charge in [0, 0.05) is 19.1 Å². The van der Waals surface area contributed by atoms with Crippen LogP contribution >= 0.6 is 11.5 Å². The third-order valence-electron chi connectivity index (χ3n) is 3.52. The maximum Gasteiger partial charge on any atom is 0.267 e. The Hall–Kier alpha value is -1.01. The molecule has 0 saturated carbocycles. The maximum absolute atomic E-state index is 12.7. The monoisotopic (exact) mass is 282 g/mol. The van der Waals surface area contributed by atoms with Crippen LogP contribution in [0.15, 0.2) is 0 Å². The van der Waals surface area contributed by atoms with E-state index in [9.17, 15) is 4.79 Å². The summed E-state index contributed by atoms with van der Waals surface area (Å²) in [6, 6.07) is 0.313. The molecule has 1 N–H and O–H groups in total. The van der Waals surface area contributed by atoms with E-state index in [1.54, 1.807) is 0 Å². The number of piperidine rings is 1. The first kappa shape index (κ1) is 14.4. The smallest absolute Gasteiger partial charge is 0.267 e. The van der Waals surface area contributed by atoms with Gasteiger partial charge in [-0.3, -0.25) is 4.79 Å². The highest BCUT2D eigenvalue weighted by Gasteiger charge is 2.28. The molecule has 1 unspecified atom stereocenters. The third-order valence-corrected chi connectivity index (χ3v) is 4.28. The molecule has 1 atom stereocenters. The third kappa shape index (κ3) is 3.30. The molecule has 19 heavy (non-hydrogen) atoms. The van der Waals surface area contributed by atoms with Crippen molar-refractivity contribution < 1.29 is 4.79 Å². The van der Waals surface area contributed by atoms with Crippen molar-refractivity contribution in [2.75, 3.05) is 19.6 Å². The van der Waals surface area contributed by atoms with Gasteiger partial charge in [-0.25, -0.2) is 0 Å². The summed E-state index contributed by atoms with van der Waals surface area (Å²) in [4.78, 5) is 15.4. The molecule has 106 valence electrons. The minimum absolute atomic E-state index is 0.113. The normalized spacial score (nSPS) is 19.4. The quantitative estimate of drug-likeness (QED) is 0.893. The molecule has 1 fully saturated rings. The molecule has 2 rings (SSSR count). The Labute approximate surface area is 118 Å².